The van der Waals surface area contributed by atoms with Gasteiger partial charge in [-0.05, 0) is 63.5 Å². The molecule has 1 atom stereocenters. The van der Waals surface area contributed by atoms with Crippen molar-refractivity contribution in [2.75, 3.05) is 38.7 Å². The molecule has 1 aliphatic heterocycles. The Kier molecular flexibility index (Phi) is 7.72. The average molecular weight is 348 g/mol. The van der Waals surface area contributed by atoms with Crippen molar-refractivity contribution in [1.82, 2.24) is 4.90 Å². The first-order valence-electron chi connectivity index (χ1n) is 9.39. The zero-order valence-electron chi connectivity index (χ0n) is 15.8. The fourth-order valence-corrected chi connectivity index (χ4v) is 3.02. The number of hydrogen-bond acceptors (Lipinski definition) is 4. The number of rotatable bonds is 10. The average Bonchev–Trinajstić information content (AvgIpc) is 3.14. The summed E-state index contributed by atoms with van der Waals surface area (Å²) < 4.78 is 11.2. The summed E-state index contributed by atoms with van der Waals surface area (Å²) >= 11 is 0. The number of nitrogens with zero attached hydrogens (tertiary/aromatic N) is 1. The predicted octanol–water partition coefficient (Wildman–Crippen LogP) is 3.70. The van der Waals surface area contributed by atoms with Crippen LogP contribution in [0.15, 0.2) is 24.3 Å². The lowest BCUT2D eigenvalue weighted by Crippen LogP contribution is -2.41. The van der Waals surface area contributed by atoms with Crippen LogP contribution < -0.4 is 10.1 Å². The van der Waals surface area contributed by atoms with Crippen molar-refractivity contribution in [3.8, 4) is 5.75 Å². The van der Waals surface area contributed by atoms with Gasteiger partial charge in [-0.25, -0.2) is 0 Å². The number of unbranched alkanes of at least 4 members (excludes halogenated alkanes) is 1. The molecule has 5 nitrogen and oxygen atoms in total. The molecule has 1 aromatic carbocycles. The molecule has 1 aromatic rings. The summed E-state index contributed by atoms with van der Waals surface area (Å²) in [6.07, 6.45) is 5.31. The molecule has 0 saturated carbocycles. The van der Waals surface area contributed by atoms with Gasteiger partial charge in [-0.3, -0.25) is 9.69 Å². The standard InChI is InChI=1S/C20H32N2O3/c1-4-5-12-20(2,24-3)19(23)21-17-8-10-18(11-9-17)25-16-15-22-13-6-7-14-22/h8-11H,4-7,12-16H2,1-3H3,(H,21,23). The highest BCUT2D eigenvalue weighted by Crippen LogP contribution is 2.22. The maximum absolute atomic E-state index is 12.5. The van der Waals surface area contributed by atoms with Crippen molar-refractivity contribution in [1.29, 1.82) is 0 Å². The summed E-state index contributed by atoms with van der Waals surface area (Å²) in [7, 11) is 1.59. The van der Waals surface area contributed by atoms with Gasteiger partial charge in [-0.2, -0.15) is 0 Å². The molecule has 1 N–H and O–H groups in total. The lowest BCUT2D eigenvalue weighted by Gasteiger charge is -2.26. The molecular formula is C20H32N2O3. The summed E-state index contributed by atoms with van der Waals surface area (Å²) in [6, 6.07) is 7.55. The van der Waals surface area contributed by atoms with E-state index in [1.807, 2.05) is 31.2 Å². The fourth-order valence-electron chi connectivity index (χ4n) is 3.02. The molecule has 1 heterocycles. The highest BCUT2D eigenvalue weighted by Gasteiger charge is 2.32. The Bertz CT molecular complexity index is 526. The van der Waals surface area contributed by atoms with E-state index in [9.17, 15) is 4.79 Å². The molecule has 0 spiro atoms. The van der Waals surface area contributed by atoms with E-state index in [4.69, 9.17) is 9.47 Å². The summed E-state index contributed by atoms with van der Waals surface area (Å²) in [4.78, 5) is 14.9. The Morgan fingerprint density at radius 1 is 1.24 bits per heavy atom. The lowest BCUT2D eigenvalue weighted by molar-refractivity contribution is -0.136. The molecule has 2 rings (SSSR count). The van der Waals surface area contributed by atoms with E-state index in [1.165, 1.54) is 25.9 Å². The number of benzene rings is 1. The molecule has 1 amide bonds. The second kappa shape index (κ2) is 9.78. The summed E-state index contributed by atoms with van der Waals surface area (Å²) in [5.74, 6) is 0.726. The minimum Gasteiger partial charge on any atom is -0.492 e. The van der Waals surface area contributed by atoms with Crippen LogP contribution in [0.25, 0.3) is 0 Å². The van der Waals surface area contributed by atoms with Gasteiger partial charge in [0, 0.05) is 19.3 Å². The molecule has 0 radical (unpaired) electrons. The Hall–Kier alpha value is -1.59. The predicted molar refractivity (Wildman–Crippen MR) is 101 cm³/mol. The minimum atomic E-state index is -0.791. The molecule has 0 aromatic heterocycles. The van der Waals surface area contributed by atoms with Crippen LogP contribution in [0.3, 0.4) is 0 Å². The third-order valence-electron chi connectivity index (χ3n) is 4.93. The number of carbonyl (C=O) groups excluding carboxylic acids is 1. The number of ether oxygens (including phenoxy) is 2. The van der Waals surface area contributed by atoms with Crippen molar-refractivity contribution in [3.05, 3.63) is 24.3 Å². The first-order chi connectivity index (χ1) is 12.1. The Balaban J connectivity index is 1.81. The molecule has 0 aliphatic carbocycles. The normalized spacial score (nSPS) is 17.2. The van der Waals surface area contributed by atoms with Gasteiger partial charge in [0.2, 0.25) is 0 Å². The van der Waals surface area contributed by atoms with Gasteiger partial charge in [-0.1, -0.05) is 19.8 Å². The monoisotopic (exact) mass is 348 g/mol. The number of hydrogen-bond donors (Lipinski definition) is 1. The maximum atomic E-state index is 12.5. The largest absolute Gasteiger partial charge is 0.492 e. The summed E-state index contributed by atoms with van der Waals surface area (Å²) in [5, 5.41) is 2.94. The van der Waals surface area contributed by atoms with Crippen molar-refractivity contribution in [2.45, 2.75) is 51.6 Å². The van der Waals surface area contributed by atoms with E-state index >= 15 is 0 Å². The SMILES string of the molecule is CCCCC(C)(OC)C(=O)Nc1ccc(OCCN2CCCC2)cc1. The molecule has 25 heavy (non-hydrogen) atoms. The van der Waals surface area contributed by atoms with E-state index in [0.717, 1.165) is 30.8 Å². The Labute approximate surface area is 151 Å². The highest BCUT2D eigenvalue weighted by atomic mass is 16.5. The Morgan fingerprint density at radius 3 is 2.52 bits per heavy atom. The van der Waals surface area contributed by atoms with Gasteiger partial charge in [0.1, 0.15) is 18.0 Å². The van der Waals surface area contributed by atoms with E-state index < -0.39 is 5.60 Å². The molecule has 140 valence electrons. The van der Waals surface area contributed by atoms with Crippen molar-refractivity contribution in [2.24, 2.45) is 0 Å². The first kappa shape index (κ1) is 19.7. The van der Waals surface area contributed by atoms with Gasteiger partial charge in [0.15, 0.2) is 0 Å². The van der Waals surface area contributed by atoms with E-state index in [2.05, 4.69) is 17.1 Å². The quantitative estimate of drug-likeness (QED) is 0.700. The second-order valence-corrected chi connectivity index (χ2v) is 6.91. The number of nitrogens with one attached hydrogen (secondary N) is 1. The number of amides is 1. The van der Waals surface area contributed by atoms with Crippen LogP contribution >= 0.6 is 0 Å². The zero-order valence-corrected chi connectivity index (χ0v) is 15.8. The molecular weight excluding hydrogens is 316 g/mol. The molecule has 1 saturated heterocycles. The zero-order chi connectivity index (χ0) is 18.1. The van der Waals surface area contributed by atoms with E-state index in [-0.39, 0.29) is 5.91 Å². The van der Waals surface area contributed by atoms with Crippen molar-refractivity contribution >= 4 is 11.6 Å². The van der Waals surface area contributed by atoms with Gasteiger partial charge in [-0.15, -0.1) is 0 Å². The van der Waals surface area contributed by atoms with Gasteiger partial charge in [0.25, 0.3) is 5.91 Å². The number of methoxy groups -OCH3 is 1. The summed E-state index contributed by atoms with van der Waals surface area (Å²) in [6.45, 7) is 7.99. The molecule has 1 aliphatic rings. The molecule has 0 bridgehead atoms. The van der Waals surface area contributed by atoms with Gasteiger partial charge in [0.05, 0.1) is 0 Å². The highest BCUT2D eigenvalue weighted by molar-refractivity contribution is 5.97. The van der Waals surface area contributed by atoms with Crippen LogP contribution in [0.2, 0.25) is 0 Å². The summed E-state index contributed by atoms with van der Waals surface area (Å²) in [5.41, 5.74) is -0.0300. The van der Waals surface area contributed by atoms with Crippen LogP contribution in [-0.2, 0) is 9.53 Å². The third-order valence-corrected chi connectivity index (χ3v) is 4.93. The topological polar surface area (TPSA) is 50.8 Å². The third kappa shape index (κ3) is 6.01. The fraction of sp³-hybridized carbons (Fsp3) is 0.650. The van der Waals surface area contributed by atoms with E-state index in [0.29, 0.717) is 13.0 Å². The second-order valence-electron chi connectivity index (χ2n) is 6.91. The minimum absolute atomic E-state index is 0.105. The van der Waals surface area contributed by atoms with Gasteiger partial charge >= 0.3 is 0 Å². The molecule has 1 unspecified atom stereocenters. The van der Waals surface area contributed by atoms with Crippen LogP contribution in [0.4, 0.5) is 5.69 Å². The number of likely N-dealkylation sites (tertiary alicyclic amines) is 1. The molecule has 5 heteroatoms. The maximum Gasteiger partial charge on any atom is 0.256 e. The van der Waals surface area contributed by atoms with Crippen LogP contribution in [0.5, 0.6) is 5.75 Å². The smallest absolute Gasteiger partial charge is 0.256 e. The van der Waals surface area contributed by atoms with Crippen molar-refractivity contribution in [3.63, 3.8) is 0 Å². The van der Waals surface area contributed by atoms with Crippen LogP contribution in [-0.4, -0.2) is 49.8 Å². The van der Waals surface area contributed by atoms with Crippen LogP contribution in [0, 0.1) is 0 Å². The first-order valence-corrected chi connectivity index (χ1v) is 9.39. The van der Waals surface area contributed by atoms with Gasteiger partial charge < -0.3 is 14.8 Å². The Morgan fingerprint density at radius 2 is 1.92 bits per heavy atom. The number of carbonyl (C=O) groups is 1. The number of anilines is 1. The van der Waals surface area contributed by atoms with E-state index in [1.54, 1.807) is 7.11 Å². The molecule has 1 fully saturated rings. The lowest BCUT2D eigenvalue weighted by atomic mass is 9.97. The van der Waals surface area contributed by atoms with Crippen LogP contribution in [0.1, 0.15) is 46.0 Å². The van der Waals surface area contributed by atoms with Crippen molar-refractivity contribution < 1.29 is 14.3 Å².